The Hall–Kier alpha value is -0.870. The Morgan fingerprint density at radius 2 is 1.32 bits per heavy atom. The molecule has 1 aromatic rings. The topological polar surface area (TPSA) is 142 Å². The van der Waals surface area contributed by atoms with Gasteiger partial charge in [-0.1, -0.05) is 17.7 Å². The quantitative estimate of drug-likeness (QED) is 0.141. The van der Waals surface area contributed by atoms with Crippen LogP contribution in [-0.2, 0) is 34.4 Å². The highest BCUT2D eigenvalue weighted by Crippen LogP contribution is 2.42. The maximum Gasteiger partial charge on any atom is 0.267 e. The first kappa shape index (κ1) is 37.2. The first-order valence-electron chi connectivity index (χ1n) is 13.2. The van der Waals surface area contributed by atoms with E-state index >= 15 is 0 Å². The summed E-state index contributed by atoms with van der Waals surface area (Å²) >= 11 is 6.59. The van der Waals surface area contributed by atoms with E-state index in [1.165, 1.54) is 12.1 Å². The fourth-order valence-electron chi connectivity index (χ4n) is 4.59. The monoisotopic (exact) mass is 630 g/mol. The Labute approximate surface area is 245 Å². The van der Waals surface area contributed by atoms with E-state index in [2.05, 4.69) is 41.8 Å². The molecule has 1 heterocycles. The van der Waals surface area contributed by atoms with Gasteiger partial charge >= 0.3 is 0 Å². The lowest BCUT2D eigenvalue weighted by Gasteiger charge is -2.54. The number of aryl methyl sites for hydroxylation is 1. The Bertz CT molecular complexity index is 1090. The Morgan fingerprint density at radius 3 is 1.75 bits per heavy atom. The third-order valence-electron chi connectivity index (χ3n) is 6.87. The zero-order valence-electron chi connectivity index (χ0n) is 24.8. The van der Waals surface area contributed by atoms with Gasteiger partial charge in [-0.25, -0.2) is 12.8 Å². The van der Waals surface area contributed by atoms with Gasteiger partial charge in [0.1, 0.15) is 16.7 Å². The first-order valence-corrected chi connectivity index (χ1v) is 16.5. The van der Waals surface area contributed by atoms with Crippen LogP contribution in [0.2, 0.25) is 0 Å². The summed E-state index contributed by atoms with van der Waals surface area (Å²) in [5.41, 5.74) is 0.820. The molecule has 1 aliphatic rings. The number of ether oxygens (including phenoxy) is 3. The van der Waals surface area contributed by atoms with E-state index in [4.69, 9.17) is 30.5 Å². The van der Waals surface area contributed by atoms with Crippen molar-refractivity contribution in [2.45, 2.75) is 69.5 Å². The van der Waals surface area contributed by atoms with Gasteiger partial charge in [0.15, 0.2) is 0 Å². The molecule has 0 radical (unpaired) electrons. The summed E-state index contributed by atoms with van der Waals surface area (Å²) in [6.45, 7) is 13.8. The molecule has 0 aromatic heterocycles. The second kappa shape index (κ2) is 15.6. The van der Waals surface area contributed by atoms with Crippen LogP contribution in [0.15, 0.2) is 29.2 Å². The minimum atomic E-state index is -4.27. The van der Waals surface area contributed by atoms with Crippen LogP contribution in [0.3, 0.4) is 0 Å². The highest BCUT2D eigenvalue weighted by atomic mass is 35.5. The van der Waals surface area contributed by atoms with Crippen LogP contribution < -0.4 is 0 Å². The van der Waals surface area contributed by atoms with Gasteiger partial charge < -0.3 is 23.2 Å². The number of rotatable bonds is 14. The molecule has 1 aromatic carbocycles. The van der Waals surface area contributed by atoms with E-state index in [0.717, 1.165) is 29.4 Å². The summed E-state index contributed by atoms with van der Waals surface area (Å²) in [4.78, 5) is -0.178. The zero-order chi connectivity index (χ0) is 30.8. The third-order valence-corrected chi connectivity index (χ3v) is 9.32. The lowest BCUT2D eigenvalue weighted by atomic mass is 9.78. The second-order valence-corrected chi connectivity index (χ2v) is 15.2. The Kier molecular flexibility index (Phi) is 14.5. The normalized spacial score (nSPS) is 18.2. The molecule has 1 aliphatic heterocycles. The minimum Gasteiger partial charge on any atom is -0.744 e. The van der Waals surface area contributed by atoms with Crippen LogP contribution in [0.4, 0.5) is 0 Å². The van der Waals surface area contributed by atoms with E-state index in [1.54, 1.807) is 12.1 Å². The number of nitrogens with zero attached hydrogens (tertiary/aromatic N) is 2. The van der Waals surface area contributed by atoms with Crippen molar-refractivity contribution in [3.63, 3.8) is 0 Å². The fraction of sp³-hybridized carbons (Fsp3) is 0.769. The van der Waals surface area contributed by atoms with Gasteiger partial charge in [0.2, 0.25) is 0 Å². The smallest absolute Gasteiger partial charge is 0.267 e. The van der Waals surface area contributed by atoms with Crippen LogP contribution in [0.1, 0.15) is 46.1 Å². The molecule has 0 bridgehead atoms. The summed E-state index contributed by atoms with van der Waals surface area (Å²) in [5, 5.41) is 0. The van der Waals surface area contributed by atoms with Crippen molar-refractivity contribution >= 4 is 32.0 Å². The Morgan fingerprint density at radius 1 is 0.900 bits per heavy atom. The lowest BCUT2D eigenvalue weighted by molar-refractivity contribution is -0.918. The van der Waals surface area contributed by atoms with Gasteiger partial charge in [-0.2, -0.15) is 8.42 Å². The van der Waals surface area contributed by atoms with Crippen LogP contribution in [-0.4, -0.2) is 118 Å². The molecule has 0 aliphatic carbocycles. The molecule has 11 nitrogen and oxygen atoms in total. The maximum absolute atomic E-state index is 10.5. The SMILES string of the molecule is CC1(C)CC([N+](C)(C)CCOCCOCCOCCS(=O)(=O)O)CC(C)(C)N1Cl.Cc1ccc(S(=O)(=O)[O-])cc1. The highest BCUT2D eigenvalue weighted by molar-refractivity contribution is 7.86. The van der Waals surface area contributed by atoms with E-state index < -0.39 is 26.0 Å². The van der Waals surface area contributed by atoms with Gasteiger partial charge in [0.05, 0.1) is 70.4 Å². The van der Waals surface area contributed by atoms with E-state index in [9.17, 15) is 21.4 Å². The summed E-state index contributed by atoms with van der Waals surface area (Å²) in [6.07, 6.45) is 2.07. The molecule has 2 rings (SSSR count). The van der Waals surface area contributed by atoms with E-state index in [0.29, 0.717) is 32.5 Å². The first-order chi connectivity index (χ1) is 18.2. The van der Waals surface area contributed by atoms with Gasteiger partial charge in [0, 0.05) is 23.9 Å². The largest absolute Gasteiger partial charge is 0.744 e. The lowest BCUT2D eigenvalue weighted by Crippen LogP contribution is -2.64. The number of likely N-dealkylation sites (N-methyl/N-ethyl adjacent to an activating group) is 1. The van der Waals surface area contributed by atoms with Crippen molar-refractivity contribution in [2.24, 2.45) is 0 Å². The van der Waals surface area contributed by atoms with Gasteiger partial charge in [-0.05, 0) is 58.5 Å². The molecule has 1 N–H and O–H groups in total. The highest BCUT2D eigenvalue weighted by Gasteiger charge is 2.49. The molecular formula is C26H47ClN2O9S2. The minimum absolute atomic E-state index is 0.0397. The number of quaternary nitrogens is 1. The number of hydrogen-bond donors (Lipinski definition) is 1. The summed E-state index contributed by atoms with van der Waals surface area (Å²) in [6, 6.07) is 6.29. The molecule has 0 saturated carbocycles. The van der Waals surface area contributed by atoms with Crippen molar-refractivity contribution in [3.05, 3.63) is 29.8 Å². The van der Waals surface area contributed by atoms with Crippen LogP contribution in [0.5, 0.6) is 0 Å². The molecule has 234 valence electrons. The number of piperidine rings is 1. The van der Waals surface area contributed by atoms with Crippen LogP contribution in [0, 0.1) is 6.92 Å². The predicted octanol–water partition coefficient (Wildman–Crippen LogP) is 3.07. The number of hydrogen-bond acceptors (Lipinski definition) is 9. The van der Waals surface area contributed by atoms with Crippen LogP contribution >= 0.6 is 11.8 Å². The molecule has 0 amide bonds. The molecule has 40 heavy (non-hydrogen) atoms. The maximum atomic E-state index is 10.5. The molecule has 1 saturated heterocycles. The van der Waals surface area contributed by atoms with Crippen molar-refractivity contribution in [3.8, 4) is 0 Å². The van der Waals surface area contributed by atoms with Gasteiger partial charge in [-0.15, -0.1) is 0 Å². The van der Waals surface area contributed by atoms with Crippen molar-refractivity contribution < 1.29 is 44.6 Å². The van der Waals surface area contributed by atoms with E-state index in [1.807, 2.05) is 11.3 Å². The molecule has 1 fully saturated rings. The molecule has 0 unspecified atom stereocenters. The fourth-order valence-corrected chi connectivity index (χ4v) is 5.53. The predicted molar refractivity (Wildman–Crippen MR) is 154 cm³/mol. The average Bonchev–Trinajstić information content (AvgIpc) is 2.80. The van der Waals surface area contributed by atoms with Crippen LogP contribution in [0.25, 0.3) is 0 Å². The Balaban J connectivity index is 0.000000603. The zero-order valence-corrected chi connectivity index (χ0v) is 27.1. The van der Waals surface area contributed by atoms with Crippen molar-refractivity contribution in [1.29, 1.82) is 0 Å². The third kappa shape index (κ3) is 13.9. The summed E-state index contributed by atoms with van der Waals surface area (Å²) < 4.78 is 79.9. The molecule has 0 atom stereocenters. The average molecular weight is 631 g/mol. The summed E-state index contributed by atoms with van der Waals surface area (Å²) in [7, 11) is -3.72. The molecule has 0 spiro atoms. The van der Waals surface area contributed by atoms with E-state index in [-0.39, 0.29) is 29.2 Å². The van der Waals surface area contributed by atoms with Gasteiger partial charge in [0.25, 0.3) is 10.1 Å². The standard InChI is InChI=1S/C19H39ClN2O6S.C7H8O3S/c1-18(2)15-17(16-19(3,4)21(18)20)22(5,6)7-8-26-9-10-27-11-12-28-13-14-29(23,24)25;1-6-2-4-7(5-3-6)11(8,9)10/h17H,7-16H2,1-6H3;2-5H,1H3,(H,8,9,10). The molecular weight excluding hydrogens is 584 g/mol. The molecule has 14 heteroatoms. The summed E-state index contributed by atoms with van der Waals surface area (Å²) in [5.74, 6) is -0.400. The van der Waals surface area contributed by atoms with Crippen molar-refractivity contribution in [2.75, 3.05) is 66.0 Å². The second-order valence-electron chi connectivity index (χ2n) is 11.9. The van der Waals surface area contributed by atoms with Crippen molar-refractivity contribution in [1.82, 2.24) is 4.42 Å². The van der Waals surface area contributed by atoms with Gasteiger partial charge in [-0.3, -0.25) is 4.55 Å². The number of benzene rings is 1. The number of halogens is 1.